The first kappa shape index (κ1) is 19.2. The van der Waals surface area contributed by atoms with Gasteiger partial charge in [0.1, 0.15) is 0 Å². The molecule has 0 saturated heterocycles. The first-order valence-electron chi connectivity index (χ1n) is 8.36. The van der Waals surface area contributed by atoms with E-state index in [9.17, 15) is 4.39 Å². The van der Waals surface area contributed by atoms with Gasteiger partial charge in [-0.2, -0.15) is 0 Å². The van der Waals surface area contributed by atoms with Gasteiger partial charge in [-0.1, -0.05) is 19.1 Å². The molecule has 136 valence electrons. The van der Waals surface area contributed by atoms with Crippen LogP contribution in [0, 0.1) is 11.7 Å². The predicted molar refractivity (Wildman–Crippen MR) is 103 cm³/mol. The second-order valence-corrected chi connectivity index (χ2v) is 7.13. The van der Waals surface area contributed by atoms with Crippen LogP contribution in [0.5, 0.6) is 5.75 Å². The lowest BCUT2D eigenvalue weighted by Gasteiger charge is -2.20. The Hall–Kier alpha value is -2.08. The van der Waals surface area contributed by atoms with Crippen LogP contribution < -0.4 is 15.4 Å². The standard InChI is InChI=1S/C19H26FN3OS/c1-13(10-16-6-5-9-25-16)12-22-19(21-3)23-14(2)15-7-8-18(24-4)17(20)11-15/h5-9,11,13-14H,10,12H2,1-4H3,(H2,21,22,23). The molecule has 0 aliphatic heterocycles. The minimum absolute atomic E-state index is 0.0702. The molecule has 2 atom stereocenters. The lowest BCUT2D eigenvalue weighted by atomic mass is 10.1. The first-order chi connectivity index (χ1) is 12.0. The van der Waals surface area contributed by atoms with Crippen molar-refractivity contribution in [1.82, 2.24) is 10.6 Å². The van der Waals surface area contributed by atoms with E-state index in [2.05, 4.69) is 40.1 Å². The lowest BCUT2D eigenvalue weighted by Crippen LogP contribution is -2.40. The molecule has 1 heterocycles. The summed E-state index contributed by atoms with van der Waals surface area (Å²) in [6.07, 6.45) is 1.04. The highest BCUT2D eigenvalue weighted by atomic mass is 32.1. The molecule has 2 aromatic rings. The monoisotopic (exact) mass is 363 g/mol. The van der Waals surface area contributed by atoms with Crippen molar-refractivity contribution in [3.05, 3.63) is 52.0 Å². The van der Waals surface area contributed by atoms with Gasteiger partial charge in [0.15, 0.2) is 17.5 Å². The van der Waals surface area contributed by atoms with Gasteiger partial charge in [0.25, 0.3) is 0 Å². The molecular weight excluding hydrogens is 337 g/mol. The average Bonchev–Trinajstić information content (AvgIpc) is 3.11. The van der Waals surface area contributed by atoms with Crippen molar-refractivity contribution in [2.75, 3.05) is 20.7 Å². The average molecular weight is 364 g/mol. The number of methoxy groups -OCH3 is 1. The second-order valence-electron chi connectivity index (χ2n) is 6.10. The SMILES string of the molecule is CN=C(NCC(C)Cc1cccs1)NC(C)c1ccc(OC)c(F)c1. The van der Waals surface area contributed by atoms with E-state index in [1.54, 1.807) is 24.5 Å². The van der Waals surface area contributed by atoms with E-state index in [4.69, 9.17) is 4.74 Å². The Bertz CT molecular complexity index is 688. The van der Waals surface area contributed by atoms with Crippen molar-refractivity contribution in [2.45, 2.75) is 26.3 Å². The summed E-state index contributed by atoms with van der Waals surface area (Å²) in [6.45, 7) is 5.01. The fourth-order valence-electron chi connectivity index (χ4n) is 2.55. The van der Waals surface area contributed by atoms with Crippen LogP contribution in [0.3, 0.4) is 0 Å². The van der Waals surface area contributed by atoms with Crippen LogP contribution in [0.15, 0.2) is 40.7 Å². The Morgan fingerprint density at radius 1 is 1.32 bits per heavy atom. The van der Waals surface area contributed by atoms with Gasteiger partial charge in [0, 0.05) is 18.5 Å². The molecular formula is C19H26FN3OS. The number of thiophene rings is 1. The van der Waals surface area contributed by atoms with Crippen LogP contribution in [0.4, 0.5) is 4.39 Å². The second kappa shape index (κ2) is 9.42. The Labute approximate surface area is 153 Å². The molecule has 2 N–H and O–H groups in total. The molecule has 0 saturated carbocycles. The number of aliphatic imine (C=N–C) groups is 1. The maximum Gasteiger partial charge on any atom is 0.191 e. The van der Waals surface area contributed by atoms with Crippen molar-refractivity contribution < 1.29 is 9.13 Å². The summed E-state index contributed by atoms with van der Waals surface area (Å²) in [6, 6.07) is 9.15. The number of halogens is 1. The molecule has 0 amide bonds. The Balaban J connectivity index is 1.87. The minimum Gasteiger partial charge on any atom is -0.494 e. The zero-order valence-corrected chi connectivity index (χ0v) is 16.0. The van der Waals surface area contributed by atoms with E-state index in [1.807, 2.05) is 13.0 Å². The minimum atomic E-state index is -0.360. The van der Waals surface area contributed by atoms with Gasteiger partial charge in [-0.15, -0.1) is 11.3 Å². The van der Waals surface area contributed by atoms with Crippen LogP contribution in [0.25, 0.3) is 0 Å². The van der Waals surface area contributed by atoms with Gasteiger partial charge >= 0.3 is 0 Å². The predicted octanol–water partition coefficient (Wildman–Crippen LogP) is 4.00. The highest BCUT2D eigenvalue weighted by Crippen LogP contribution is 2.21. The van der Waals surface area contributed by atoms with Gasteiger partial charge in [0.05, 0.1) is 13.2 Å². The van der Waals surface area contributed by atoms with Crippen LogP contribution in [-0.4, -0.2) is 26.7 Å². The number of ether oxygens (including phenoxy) is 1. The molecule has 25 heavy (non-hydrogen) atoms. The third-order valence-electron chi connectivity index (χ3n) is 4.00. The summed E-state index contributed by atoms with van der Waals surface area (Å²) in [5.74, 6) is 1.09. The van der Waals surface area contributed by atoms with Gasteiger partial charge in [0.2, 0.25) is 0 Å². The quantitative estimate of drug-likeness (QED) is 0.577. The third kappa shape index (κ3) is 5.74. The molecule has 1 aromatic carbocycles. The number of benzene rings is 1. The lowest BCUT2D eigenvalue weighted by molar-refractivity contribution is 0.386. The van der Waals surface area contributed by atoms with Gasteiger partial charge in [-0.25, -0.2) is 4.39 Å². The van der Waals surface area contributed by atoms with E-state index >= 15 is 0 Å². The summed E-state index contributed by atoms with van der Waals surface area (Å²) in [5, 5.41) is 8.74. The van der Waals surface area contributed by atoms with E-state index in [0.29, 0.717) is 11.9 Å². The topological polar surface area (TPSA) is 45.7 Å². The summed E-state index contributed by atoms with van der Waals surface area (Å²) in [4.78, 5) is 5.65. The van der Waals surface area contributed by atoms with Crippen molar-refractivity contribution in [3.63, 3.8) is 0 Å². The van der Waals surface area contributed by atoms with Crippen LogP contribution in [-0.2, 0) is 6.42 Å². The smallest absolute Gasteiger partial charge is 0.191 e. The van der Waals surface area contributed by atoms with Gasteiger partial charge in [-0.3, -0.25) is 4.99 Å². The summed E-state index contributed by atoms with van der Waals surface area (Å²) < 4.78 is 18.8. The Kier molecular flexibility index (Phi) is 7.25. The number of hydrogen-bond donors (Lipinski definition) is 2. The van der Waals surface area contributed by atoms with E-state index < -0.39 is 0 Å². The molecule has 0 aliphatic carbocycles. The molecule has 4 nitrogen and oxygen atoms in total. The summed E-state index contributed by atoms with van der Waals surface area (Å²) in [7, 11) is 3.20. The molecule has 2 rings (SSSR count). The zero-order valence-electron chi connectivity index (χ0n) is 15.2. The van der Waals surface area contributed by atoms with Crippen LogP contribution in [0.2, 0.25) is 0 Å². The molecule has 1 aromatic heterocycles. The highest BCUT2D eigenvalue weighted by Gasteiger charge is 2.12. The highest BCUT2D eigenvalue weighted by molar-refractivity contribution is 7.09. The fraction of sp³-hybridized carbons (Fsp3) is 0.421. The zero-order chi connectivity index (χ0) is 18.2. The van der Waals surface area contributed by atoms with Crippen molar-refractivity contribution >= 4 is 17.3 Å². The van der Waals surface area contributed by atoms with Gasteiger partial charge < -0.3 is 15.4 Å². The van der Waals surface area contributed by atoms with Crippen molar-refractivity contribution in [1.29, 1.82) is 0 Å². The Morgan fingerprint density at radius 2 is 2.12 bits per heavy atom. The maximum atomic E-state index is 13.9. The molecule has 0 aliphatic rings. The first-order valence-corrected chi connectivity index (χ1v) is 9.24. The van der Waals surface area contributed by atoms with E-state index in [1.165, 1.54) is 18.1 Å². The normalized spacial score (nSPS) is 14.0. The molecule has 0 radical (unpaired) electrons. The van der Waals surface area contributed by atoms with E-state index in [-0.39, 0.29) is 17.6 Å². The summed E-state index contributed by atoms with van der Waals surface area (Å²) >= 11 is 1.78. The fourth-order valence-corrected chi connectivity index (χ4v) is 3.42. The molecule has 0 bridgehead atoms. The van der Waals surface area contributed by atoms with E-state index in [0.717, 1.165) is 18.5 Å². The number of nitrogens with zero attached hydrogens (tertiary/aromatic N) is 1. The number of hydrogen-bond acceptors (Lipinski definition) is 3. The van der Waals surface area contributed by atoms with Crippen molar-refractivity contribution in [3.8, 4) is 5.75 Å². The van der Waals surface area contributed by atoms with Gasteiger partial charge in [-0.05, 0) is 48.4 Å². The van der Waals surface area contributed by atoms with Crippen molar-refractivity contribution in [2.24, 2.45) is 10.9 Å². The number of nitrogens with one attached hydrogen (secondary N) is 2. The molecule has 6 heteroatoms. The number of rotatable bonds is 7. The van der Waals surface area contributed by atoms with Crippen LogP contribution >= 0.6 is 11.3 Å². The molecule has 0 fully saturated rings. The largest absolute Gasteiger partial charge is 0.494 e. The summed E-state index contributed by atoms with van der Waals surface area (Å²) in [5.41, 5.74) is 0.841. The van der Waals surface area contributed by atoms with Crippen LogP contribution in [0.1, 0.15) is 30.3 Å². The molecule has 2 unspecified atom stereocenters. The third-order valence-corrected chi connectivity index (χ3v) is 4.90. The maximum absolute atomic E-state index is 13.9. The molecule has 0 spiro atoms. The Morgan fingerprint density at radius 3 is 2.72 bits per heavy atom. The number of guanidine groups is 1.